The van der Waals surface area contributed by atoms with Crippen LogP contribution in [0.5, 0.6) is 0 Å². The van der Waals surface area contributed by atoms with Gasteiger partial charge in [-0.15, -0.1) is 0 Å². The van der Waals surface area contributed by atoms with Crippen molar-refractivity contribution in [2.75, 3.05) is 13.2 Å². The fourth-order valence-corrected chi connectivity index (χ4v) is 1.24. The standard InChI is InChI=1S/C11H12N4O4/c1-3-18-10(16)8-5-7(14-15-12)6-9(13-8)11(17)19-4-2/h5-6H,3-4H2,1-2H3. The molecular formula is C11H12N4O4. The molecule has 0 radical (unpaired) electrons. The minimum absolute atomic E-state index is 0.0867. The summed E-state index contributed by atoms with van der Waals surface area (Å²) >= 11 is 0. The van der Waals surface area contributed by atoms with E-state index in [0.717, 1.165) is 0 Å². The lowest BCUT2D eigenvalue weighted by atomic mass is 10.2. The minimum Gasteiger partial charge on any atom is -0.461 e. The minimum atomic E-state index is -0.706. The van der Waals surface area contributed by atoms with Gasteiger partial charge in [-0.1, -0.05) is 5.11 Å². The van der Waals surface area contributed by atoms with Crippen molar-refractivity contribution in [3.8, 4) is 0 Å². The predicted molar refractivity (Wildman–Crippen MR) is 65.0 cm³/mol. The molecule has 0 saturated carbocycles. The van der Waals surface area contributed by atoms with Gasteiger partial charge in [-0.2, -0.15) is 0 Å². The molecule has 8 heteroatoms. The summed E-state index contributed by atoms with van der Waals surface area (Å²) in [5, 5.41) is 3.34. The molecule has 0 spiro atoms. The second kappa shape index (κ2) is 6.97. The maximum Gasteiger partial charge on any atom is 0.356 e. The Hall–Kier alpha value is -2.60. The maximum absolute atomic E-state index is 11.6. The molecule has 1 aromatic heterocycles. The predicted octanol–water partition coefficient (Wildman–Crippen LogP) is 2.38. The number of carbonyl (C=O) groups is 2. The normalized spacial score (nSPS) is 9.37. The van der Waals surface area contributed by atoms with Crippen LogP contribution in [0.25, 0.3) is 10.4 Å². The molecule has 0 aliphatic rings. The van der Waals surface area contributed by atoms with Crippen LogP contribution in [0.15, 0.2) is 17.2 Å². The van der Waals surface area contributed by atoms with Crippen LogP contribution in [0.2, 0.25) is 0 Å². The van der Waals surface area contributed by atoms with Crippen LogP contribution in [-0.2, 0) is 9.47 Å². The fraction of sp³-hybridized carbons (Fsp3) is 0.364. The zero-order chi connectivity index (χ0) is 14.3. The number of esters is 2. The molecule has 0 unspecified atom stereocenters. The zero-order valence-corrected chi connectivity index (χ0v) is 10.5. The third-order valence-electron chi connectivity index (χ3n) is 1.94. The van der Waals surface area contributed by atoms with Crippen molar-refractivity contribution in [1.29, 1.82) is 0 Å². The Labute approximate surface area is 109 Å². The highest BCUT2D eigenvalue weighted by Gasteiger charge is 2.16. The quantitative estimate of drug-likeness (QED) is 0.350. The first-order valence-electron chi connectivity index (χ1n) is 5.53. The third-order valence-corrected chi connectivity index (χ3v) is 1.94. The molecule has 0 atom stereocenters. The Morgan fingerprint density at radius 1 is 1.21 bits per heavy atom. The van der Waals surface area contributed by atoms with E-state index in [1.165, 1.54) is 12.1 Å². The van der Waals surface area contributed by atoms with Crippen LogP contribution in [-0.4, -0.2) is 30.1 Å². The van der Waals surface area contributed by atoms with Crippen molar-refractivity contribution in [3.63, 3.8) is 0 Å². The van der Waals surface area contributed by atoms with Crippen LogP contribution in [0.1, 0.15) is 34.8 Å². The smallest absolute Gasteiger partial charge is 0.356 e. The molecule has 8 nitrogen and oxygen atoms in total. The number of aromatic nitrogens is 1. The highest BCUT2D eigenvalue weighted by molar-refractivity contribution is 5.93. The van der Waals surface area contributed by atoms with E-state index in [1.807, 2.05) is 0 Å². The van der Waals surface area contributed by atoms with Crippen molar-refractivity contribution in [2.45, 2.75) is 13.8 Å². The molecule has 1 rings (SSSR count). The van der Waals surface area contributed by atoms with Gasteiger partial charge in [0.25, 0.3) is 0 Å². The van der Waals surface area contributed by atoms with E-state index in [1.54, 1.807) is 13.8 Å². The zero-order valence-electron chi connectivity index (χ0n) is 10.5. The molecule has 100 valence electrons. The summed E-state index contributed by atoms with van der Waals surface area (Å²) in [6.07, 6.45) is 0. The number of pyridine rings is 1. The van der Waals surface area contributed by atoms with Crippen LogP contribution >= 0.6 is 0 Å². The van der Waals surface area contributed by atoms with Gasteiger partial charge in [0.05, 0.1) is 13.2 Å². The lowest BCUT2D eigenvalue weighted by molar-refractivity contribution is 0.0511. The summed E-state index contributed by atoms with van der Waals surface area (Å²) in [5.74, 6) is -1.41. The van der Waals surface area contributed by atoms with Gasteiger partial charge in [-0.3, -0.25) is 0 Å². The number of nitrogens with zero attached hydrogens (tertiary/aromatic N) is 4. The number of hydrogen-bond donors (Lipinski definition) is 0. The highest BCUT2D eigenvalue weighted by atomic mass is 16.5. The summed E-state index contributed by atoms with van der Waals surface area (Å²) < 4.78 is 9.53. The molecule has 0 fully saturated rings. The molecule has 1 aromatic rings. The van der Waals surface area contributed by atoms with Crippen molar-refractivity contribution >= 4 is 17.6 Å². The summed E-state index contributed by atoms with van der Waals surface area (Å²) in [4.78, 5) is 29.5. The summed E-state index contributed by atoms with van der Waals surface area (Å²) in [5.41, 5.74) is 8.25. The van der Waals surface area contributed by atoms with Crippen LogP contribution in [0.3, 0.4) is 0 Å². The second-order valence-corrected chi connectivity index (χ2v) is 3.23. The van der Waals surface area contributed by atoms with E-state index in [-0.39, 0.29) is 30.3 Å². The van der Waals surface area contributed by atoms with Crippen molar-refractivity contribution in [3.05, 3.63) is 34.0 Å². The Kier molecular flexibility index (Phi) is 5.31. The largest absolute Gasteiger partial charge is 0.461 e. The monoisotopic (exact) mass is 264 g/mol. The van der Waals surface area contributed by atoms with Crippen LogP contribution < -0.4 is 0 Å². The number of carbonyl (C=O) groups excluding carboxylic acids is 2. The first-order chi connectivity index (χ1) is 9.12. The Morgan fingerprint density at radius 2 is 1.68 bits per heavy atom. The molecule has 0 bridgehead atoms. The summed E-state index contributed by atoms with van der Waals surface area (Å²) in [6.45, 7) is 3.62. The number of rotatable bonds is 5. The van der Waals surface area contributed by atoms with E-state index in [0.29, 0.717) is 0 Å². The number of azide groups is 1. The van der Waals surface area contributed by atoms with Gasteiger partial charge in [0, 0.05) is 10.6 Å². The van der Waals surface area contributed by atoms with Crippen molar-refractivity contribution < 1.29 is 19.1 Å². The average Bonchev–Trinajstić information content (AvgIpc) is 2.39. The molecule has 0 aliphatic carbocycles. The van der Waals surface area contributed by atoms with E-state index in [2.05, 4.69) is 15.0 Å². The first-order valence-corrected chi connectivity index (χ1v) is 5.53. The van der Waals surface area contributed by atoms with Crippen molar-refractivity contribution in [2.24, 2.45) is 5.11 Å². The van der Waals surface area contributed by atoms with Crippen LogP contribution in [0, 0.1) is 0 Å². The average molecular weight is 264 g/mol. The van der Waals surface area contributed by atoms with Gasteiger partial charge < -0.3 is 9.47 Å². The van der Waals surface area contributed by atoms with Gasteiger partial charge in [-0.05, 0) is 31.5 Å². The van der Waals surface area contributed by atoms with Gasteiger partial charge in [0.2, 0.25) is 0 Å². The topological polar surface area (TPSA) is 114 Å². The molecule has 1 heterocycles. The number of hydrogen-bond acceptors (Lipinski definition) is 6. The highest BCUT2D eigenvalue weighted by Crippen LogP contribution is 2.17. The van der Waals surface area contributed by atoms with E-state index in [4.69, 9.17) is 15.0 Å². The van der Waals surface area contributed by atoms with Gasteiger partial charge >= 0.3 is 11.9 Å². The molecule has 0 aliphatic heterocycles. The molecule has 0 N–H and O–H groups in total. The lowest BCUT2D eigenvalue weighted by Crippen LogP contribution is -2.12. The molecular weight excluding hydrogens is 252 g/mol. The van der Waals surface area contributed by atoms with Gasteiger partial charge in [0.15, 0.2) is 0 Å². The Morgan fingerprint density at radius 3 is 2.05 bits per heavy atom. The summed E-state index contributed by atoms with van der Waals surface area (Å²) in [7, 11) is 0. The maximum atomic E-state index is 11.6. The third kappa shape index (κ3) is 3.97. The molecule has 0 aromatic carbocycles. The SMILES string of the molecule is CCOC(=O)c1cc(N=[N+]=[N-])cc(C(=O)OCC)n1. The number of ether oxygens (including phenoxy) is 2. The molecule has 0 saturated heterocycles. The Balaban J connectivity index is 3.21. The van der Waals surface area contributed by atoms with Crippen LogP contribution in [0.4, 0.5) is 5.69 Å². The first kappa shape index (κ1) is 14.5. The summed E-state index contributed by atoms with van der Waals surface area (Å²) in [6, 6.07) is 2.47. The molecule has 19 heavy (non-hydrogen) atoms. The van der Waals surface area contributed by atoms with E-state index in [9.17, 15) is 9.59 Å². The second-order valence-electron chi connectivity index (χ2n) is 3.23. The Bertz CT molecular complexity index is 501. The van der Waals surface area contributed by atoms with Gasteiger partial charge in [0.1, 0.15) is 11.4 Å². The van der Waals surface area contributed by atoms with Crippen molar-refractivity contribution in [1.82, 2.24) is 4.98 Å². The molecule has 0 amide bonds. The van der Waals surface area contributed by atoms with E-state index >= 15 is 0 Å². The fourth-order valence-electron chi connectivity index (χ4n) is 1.24. The lowest BCUT2D eigenvalue weighted by Gasteiger charge is -2.05. The van der Waals surface area contributed by atoms with Gasteiger partial charge in [-0.25, -0.2) is 14.6 Å². The van der Waals surface area contributed by atoms with E-state index < -0.39 is 11.9 Å².